The molecule has 1 aromatic rings. The summed E-state index contributed by atoms with van der Waals surface area (Å²) in [5, 5.41) is 8.26. The van der Waals surface area contributed by atoms with Crippen LogP contribution in [-0.4, -0.2) is 69.9 Å². The zero-order valence-electron chi connectivity index (χ0n) is 11.2. The fourth-order valence-corrected chi connectivity index (χ4v) is 2.57. The summed E-state index contributed by atoms with van der Waals surface area (Å²) in [5.74, 6) is 1.37. The van der Waals surface area contributed by atoms with E-state index in [1.165, 1.54) is 0 Å². The van der Waals surface area contributed by atoms with Crippen molar-refractivity contribution in [3.05, 3.63) is 11.6 Å². The van der Waals surface area contributed by atoms with Gasteiger partial charge in [-0.3, -0.25) is 9.69 Å². The monoisotopic (exact) mass is 265 g/mol. The summed E-state index contributed by atoms with van der Waals surface area (Å²) in [4.78, 5) is 16.2. The minimum Gasteiger partial charge on any atom is -0.379 e. The quantitative estimate of drug-likeness (QED) is 0.743. The summed E-state index contributed by atoms with van der Waals surface area (Å²) < 4.78 is 7.29. The Morgan fingerprint density at radius 3 is 2.68 bits per heavy atom. The van der Waals surface area contributed by atoms with Gasteiger partial charge in [0.15, 0.2) is 0 Å². The van der Waals surface area contributed by atoms with Gasteiger partial charge in [-0.25, -0.2) is 0 Å². The summed E-state index contributed by atoms with van der Waals surface area (Å²) in [6.45, 7) is 8.36. The number of aromatic nitrogens is 3. The lowest BCUT2D eigenvalue weighted by atomic mass is 10.3. The molecule has 7 heteroatoms. The molecule has 1 saturated heterocycles. The highest BCUT2D eigenvalue weighted by molar-refractivity contribution is 5.91. The normalized spacial score (nSPS) is 20.7. The number of fused-ring (bicyclic) bond motifs is 1. The zero-order valence-corrected chi connectivity index (χ0v) is 11.2. The van der Waals surface area contributed by atoms with Gasteiger partial charge in [0.05, 0.1) is 19.8 Å². The zero-order chi connectivity index (χ0) is 13.2. The second kappa shape index (κ2) is 5.26. The molecule has 19 heavy (non-hydrogen) atoms. The minimum atomic E-state index is -0.00511. The molecule has 2 aliphatic heterocycles. The third-order valence-electron chi connectivity index (χ3n) is 3.75. The van der Waals surface area contributed by atoms with Crippen molar-refractivity contribution in [2.75, 3.05) is 39.4 Å². The van der Waals surface area contributed by atoms with E-state index in [9.17, 15) is 4.79 Å². The molecule has 0 unspecified atom stereocenters. The Hall–Kier alpha value is -1.47. The number of nitrogens with zero attached hydrogens (tertiary/aromatic N) is 5. The number of rotatable bonds is 3. The van der Waals surface area contributed by atoms with Crippen molar-refractivity contribution in [3.63, 3.8) is 0 Å². The van der Waals surface area contributed by atoms with Crippen LogP contribution < -0.4 is 0 Å². The Balaban J connectivity index is 1.76. The van der Waals surface area contributed by atoms with Crippen molar-refractivity contribution in [1.82, 2.24) is 24.6 Å². The highest BCUT2D eigenvalue weighted by Crippen LogP contribution is 2.14. The first-order valence-corrected chi connectivity index (χ1v) is 6.81. The van der Waals surface area contributed by atoms with Crippen LogP contribution in [0, 0.1) is 0 Å². The maximum Gasteiger partial charge on any atom is 0.291 e. The fraction of sp³-hybridized carbons (Fsp3) is 0.750. The van der Waals surface area contributed by atoms with Gasteiger partial charge in [-0.2, -0.15) is 0 Å². The van der Waals surface area contributed by atoms with Crippen LogP contribution in [0.25, 0.3) is 0 Å². The van der Waals surface area contributed by atoms with Gasteiger partial charge < -0.3 is 14.2 Å². The Bertz CT molecular complexity index is 467. The van der Waals surface area contributed by atoms with Gasteiger partial charge in [0, 0.05) is 32.7 Å². The van der Waals surface area contributed by atoms with E-state index in [1.54, 1.807) is 0 Å². The highest BCUT2D eigenvalue weighted by atomic mass is 16.5. The largest absolute Gasteiger partial charge is 0.379 e. The van der Waals surface area contributed by atoms with Crippen molar-refractivity contribution >= 4 is 5.91 Å². The molecule has 3 rings (SSSR count). The summed E-state index contributed by atoms with van der Waals surface area (Å²) in [7, 11) is 0. The van der Waals surface area contributed by atoms with Gasteiger partial charge in [0.25, 0.3) is 5.91 Å². The molecule has 1 aromatic heterocycles. The number of amides is 1. The van der Waals surface area contributed by atoms with E-state index in [-0.39, 0.29) is 5.91 Å². The van der Waals surface area contributed by atoms with Crippen LogP contribution in [0.2, 0.25) is 0 Å². The first kappa shape index (κ1) is 12.6. The van der Waals surface area contributed by atoms with Gasteiger partial charge >= 0.3 is 0 Å². The number of carbonyl (C=O) groups excluding carboxylic acids is 1. The van der Waals surface area contributed by atoms with E-state index in [4.69, 9.17) is 4.74 Å². The van der Waals surface area contributed by atoms with Crippen LogP contribution in [0.3, 0.4) is 0 Å². The van der Waals surface area contributed by atoms with E-state index in [0.717, 1.165) is 58.3 Å². The maximum atomic E-state index is 12.1. The number of hydrogen-bond acceptors (Lipinski definition) is 5. The van der Waals surface area contributed by atoms with Gasteiger partial charge in [-0.15, -0.1) is 10.2 Å². The smallest absolute Gasteiger partial charge is 0.291 e. The van der Waals surface area contributed by atoms with Crippen LogP contribution in [0.4, 0.5) is 0 Å². The predicted octanol–water partition coefficient (Wildman–Crippen LogP) is -0.414. The van der Waals surface area contributed by atoms with Crippen molar-refractivity contribution < 1.29 is 9.53 Å². The van der Waals surface area contributed by atoms with Crippen molar-refractivity contribution in [2.24, 2.45) is 0 Å². The Labute approximate surface area is 112 Å². The van der Waals surface area contributed by atoms with Crippen LogP contribution in [0.5, 0.6) is 0 Å². The van der Waals surface area contributed by atoms with Gasteiger partial charge in [-0.05, 0) is 6.92 Å². The molecule has 0 atom stereocenters. The molecule has 1 fully saturated rings. The van der Waals surface area contributed by atoms with E-state index in [1.807, 2.05) is 16.4 Å². The van der Waals surface area contributed by atoms with Crippen molar-refractivity contribution in [3.8, 4) is 0 Å². The Morgan fingerprint density at radius 1 is 1.16 bits per heavy atom. The molecule has 7 nitrogen and oxygen atoms in total. The summed E-state index contributed by atoms with van der Waals surface area (Å²) in [6.07, 6.45) is 0. The van der Waals surface area contributed by atoms with Crippen molar-refractivity contribution in [2.45, 2.75) is 20.0 Å². The van der Waals surface area contributed by atoms with Crippen molar-refractivity contribution in [1.29, 1.82) is 0 Å². The molecular formula is C12H19N5O2. The standard InChI is InChI=1S/C12H19N5O2/c1-2-16-3-4-17-10(13-14-11(17)12(16)18)9-15-5-7-19-8-6-15/h2-9H2,1H3. The SMILES string of the molecule is CCN1CCn2c(CN3CCOCC3)nnc2C1=O. The lowest BCUT2D eigenvalue weighted by Crippen LogP contribution is -2.41. The van der Waals surface area contributed by atoms with E-state index in [0.29, 0.717) is 5.82 Å². The van der Waals surface area contributed by atoms with Gasteiger partial charge in [0.1, 0.15) is 5.82 Å². The lowest BCUT2D eigenvalue weighted by molar-refractivity contribution is 0.0322. The molecule has 3 heterocycles. The molecule has 0 radical (unpaired) electrons. The molecule has 2 aliphatic rings. The minimum absolute atomic E-state index is 0.00511. The summed E-state index contributed by atoms with van der Waals surface area (Å²) in [6, 6.07) is 0. The number of carbonyl (C=O) groups is 1. The molecular weight excluding hydrogens is 246 g/mol. The first-order chi connectivity index (χ1) is 9.29. The van der Waals surface area contributed by atoms with Crippen LogP contribution in [0.15, 0.2) is 0 Å². The van der Waals surface area contributed by atoms with Gasteiger partial charge in [0.2, 0.25) is 5.82 Å². The molecule has 0 bridgehead atoms. The third kappa shape index (κ3) is 2.35. The molecule has 0 aromatic carbocycles. The van der Waals surface area contributed by atoms with Crippen LogP contribution in [-0.2, 0) is 17.8 Å². The number of ether oxygens (including phenoxy) is 1. The molecule has 0 aliphatic carbocycles. The molecule has 0 saturated carbocycles. The van der Waals surface area contributed by atoms with Crippen LogP contribution in [0.1, 0.15) is 23.4 Å². The van der Waals surface area contributed by atoms with E-state index < -0.39 is 0 Å². The highest BCUT2D eigenvalue weighted by Gasteiger charge is 2.28. The topological polar surface area (TPSA) is 63.5 Å². The Kier molecular flexibility index (Phi) is 3.48. The Morgan fingerprint density at radius 2 is 1.95 bits per heavy atom. The van der Waals surface area contributed by atoms with E-state index >= 15 is 0 Å². The van der Waals surface area contributed by atoms with E-state index in [2.05, 4.69) is 15.1 Å². The van der Waals surface area contributed by atoms with Gasteiger partial charge in [-0.1, -0.05) is 0 Å². The summed E-state index contributed by atoms with van der Waals surface area (Å²) in [5.41, 5.74) is 0. The second-order valence-electron chi connectivity index (χ2n) is 4.86. The molecule has 104 valence electrons. The molecule has 0 N–H and O–H groups in total. The second-order valence-corrected chi connectivity index (χ2v) is 4.86. The fourth-order valence-electron chi connectivity index (χ4n) is 2.57. The molecule has 1 amide bonds. The average Bonchev–Trinajstić information content (AvgIpc) is 2.85. The average molecular weight is 265 g/mol. The number of hydrogen-bond donors (Lipinski definition) is 0. The van der Waals surface area contributed by atoms with Crippen LogP contribution >= 0.6 is 0 Å². The molecule has 0 spiro atoms. The predicted molar refractivity (Wildman–Crippen MR) is 67.7 cm³/mol. The number of likely N-dealkylation sites (N-methyl/N-ethyl adjacent to an activating group) is 1. The lowest BCUT2D eigenvalue weighted by Gasteiger charge is -2.28. The number of morpholine rings is 1. The maximum absolute atomic E-state index is 12.1. The first-order valence-electron chi connectivity index (χ1n) is 6.81. The third-order valence-corrected chi connectivity index (χ3v) is 3.75. The summed E-state index contributed by atoms with van der Waals surface area (Å²) >= 11 is 0.